The monoisotopic (exact) mass is 327 g/mol. The number of halogens is 1. The largest absolute Gasteiger partial charge is 0.496 e. The highest BCUT2D eigenvalue weighted by molar-refractivity contribution is 9.10. The zero-order chi connectivity index (χ0) is 14.0. The predicted molar refractivity (Wildman–Crippen MR) is 75.2 cm³/mol. The van der Waals surface area contributed by atoms with E-state index < -0.39 is 4.92 Å². The standard InChI is InChI=1S/C13H14BrNO4/c1-8(15(16)17)6-9-7-11(18-2)12(14)10-4-3-5-19-13(9)10/h6-7H,3-5H2,1-2H3/b8-6-. The number of hydrogen-bond donors (Lipinski definition) is 0. The fourth-order valence-electron chi connectivity index (χ4n) is 2.04. The molecule has 0 saturated heterocycles. The van der Waals surface area contributed by atoms with E-state index in [0.717, 1.165) is 22.9 Å². The third-order valence-corrected chi connectivity index (χ3v) is 3.86. The van der Waals surface area contributed by atoms with Crippen LogP contribution in [0.25, 0.3) is 6.08 Å². The molecule has 0 bridgehead atoms. The Morgan fingerprint density at radius 2 is 2.37 bits per heavy atom. The maximum Gasteiger partial charge on any atom is 0.243 e. The van der Waals surface area contributed by atoms with Crippen molar-refractivity contribution in [2.75, 3.05) is 13.7 Å². The third-order valence-electron chi connectivity index (χ3n) is 2.99. The number of rotatable bonds is 3. The summed E-state index contributed by atoms with van der Waals surface area (Å²) in [5.41, 5.74) is 1.76. The first-order valence-corrected chi connectivity index (χ1v) is 6.68. The van der Waals surface area contributed by atoms with Crippen molar-refractivity contribution in [1.29, 1.82) is 0 Å². The second-order valence-corrected chi connectivity index (χ2v) is 5.08. The lowest BCUT2D eigenvalue weighted by molar-refractivity contribution is -0.422. The number of nitro groups is 1. The number of ether oxygens (including phenoxy) is 2. The summed E-state index contributed by atoms with van der Waals surface area (Å²) in [4.78, 5) is 10.3. The summed E-state index contributed by atoms with van der Waals surface area (Å²) >= 11 is 3.50. The molecule has 0 fully saturated rings. The molecule has 0 radical (unpaired) electrons. The van der Waals surface area contributed by atoms with Gasteiger partial charge < -0.3 is 9.47 Å². The molecular formula is C13H14BrNO4. The number of nitrogens with zero attached hydrogens (tertiary/aromatic N) is 1. The molecular weight excluding hydrogens is 314 g/mol. The first-order chi connectivity index (χ1) is 9.04. The topological polar surface area (TPSA) is 61.6 Å². The van der Waals surface area contributed by atoms with Crippen LogP contribution < -0.4 is 9.47 Å². The van der Waals surface area contributed by atoms with Crippen molar-refractivity contribution in [3.8, 4) is 11.5 Å². The van der Waals surface area contributed by atoms with Crippen LogP contribution in [0.5, 0.6) is 11.5 Å². The van der Waals surface area contributed by atoms with E-state index in [-0.39, 0.29) is 5.70 Å². The summed E-state index contributed by atoms with van der Waals surface area (Å²) < 4.78 is 11.8. The second kappa shape index (κ2) is 5.61. The molecule has 0 aromatic heterocycles. The zero-order valence-electron chi connectivity index (χ0n) is 10.7. The van der Waals surface area contributed by atoms with Gasteiger partial charge in [0, 0.05) is 24.1 Å². The first kappa shape index (κ1) is 13.9. The molecule has 1 aliphatic heterocycles. The van der Waals surface area contributed by atoms with Gasteiger partial charge in [-0.3, -0.25) is 10.1 Å². The lowest BCUT2D eigenvalue weighted by Gasteiger charge is -2.22. The van der Waals surface area contributed by atoms with Gasteiger partial charge in [0.1, 0.15) is 11.5 Å². The predicted octanol–water partition coefficient (Wildman–Crippen LogP) is 3.42. The number of fused-ring (bicyclic) bond motifs is 1. The zero-order valence-corrected chi connectivity index (χ0v) is 12.3. The molecule has 5 nitrogen and oxygen atoms in total. The molecule has 102 valence electrons. The summed E-state index contributed by atoms with van der Waals surface area (Å²) in [6, 6.07) is 1.75. The second-order valence-electron chi connectivity index (χ2n) is 4.28. The van der Waals surface area contributed by atoms with Crippen molar-refractivity contribution >= 4 is 22.0 Å². The molecule has 19 heavy (non-hydrogen) atoms. The molecule has 0 saturated carbocycles. The molecule has 0 atom stereocenters. The van der Waals surface area contributed by atoms with Gasteiger partial charge in [-0.2, -0.15) is 0 Å². The van der Waals surface area contributed by atoms with E-state index in [2.05, 4.69) is 15.9 Å². The normalized spacial score (nSPS) is 14.6. The summed E-state index contributed by atoms with van der Waals surface area (Å²) in [6.07, 6.45) is 3.31. The van der Waals surface area contributed by atoms with Gasteiger partial charge in [0.05, 0.1) is 23.1 Å². The average Bonchev–Trinajstić information content (AvgIpc) is 2.41. The highest BCUT2D eigenvalue weighted by Crippen LogP contribution is 2.41. The number of hydrogen-bond acceptors (Lipinski definition) is 4. The lowest BCUT2D eigenvalue weighted by Crippen LogP contribution is -2.11. The van der Waals surface area contributed by atoms with E-state index >= 15 is 0 Å². The Morgan fingerprint density at radius 1 is 1.63 bits per heavy atom. The molecule has 0 amide bonds. The molecule has 1 aliphatic rings. The van der Waals surface area contributed by atoms with E-state index in [9.17, 15) is 10.1 Å². The quantitative estimate of drug-likeness (QED) is 0.630. The molecule has 1 heterocycles. The SMILES string of the molecule is COc1cc(/C=C(/C)[N+](=O)[O-])c2c(c1Br)CCCO2. The Bertz CT molecular complexity index is 554. The highest BCUT2D eigenvalue weighted by atomic mass is 79.9. The van der Waals surface area contributed by atoms with Crippen LogP contribution in [-0.2, 0) is 6.42 Å². The van der Waals surface area contributed by atoms with Crippen LogP contribution in [-0.4, -0.2) is 18.6 Å². The minimum Gasteiger partial charge on any atom is -0.496 e. The molecule has 0 N–H and O–H groups in total. The van der Waals surface area contributed by atoms with Crippen LogP contribution in [0.1, 0.15) is 24.5 Å². The van der Waals surface area contributed by atoms with Crippen molar-refractivity contribution in [2.45, 2.75) is 19.8 Å². The fraction of sp³-hybridized carbons (Fsp3) is 0.385. The molecule has 1 aromatic carbocycles. The van der Waals surface area contributed by atoms with Gasteiger partial charge >= 0.3 is 0 Å². The van der Waals surface area contributed by atoms with Crippen LogP contribution in [0.2, 0.25) is 0 Å². The smallest absolute Gasteiger partial charge is 0.243 e. The Morgan fingerprint density at radius 3 is 3.00 bits per heavy atom. The molecule has 6 heteroatoms. The number of benzene rings is 1. The Balaban J connectivity index is 2.60. The Labute approximate surface area is 119 Å². The third kappa shape index (κ3) is 2.73. The Kier molecular flexibility index (Phi) is 4.09. The van der Waals surface area contributed by atoms with Gasteiger partial charge in [0.25, 0.3) is 0 Å². The molecule has 0 aliphatic carbocycles. The summed E-state index contributed by atoms with van der Waals surface area (Å²) in [5, 5.41) is 10.7. The van der Waals surface area contributed by atoms with Gasteiger partial charge in [0.15, 0.2) is 0 Å². The number of allylic oxidation sites excluding steroid dienone is 1. The van der Waals surface area contributed by atoms with Gasteiger partial charge in [0.2, 0.25) is 5.70 Å². The molecule has 0 spiro atoms. The van der Waals surface area contributed by atoms with Crippen LogP contribution in [0.15, 0.2) is 16.2 Å². The van der Waals surface area contributed by atoms with E-state index in [1.807, 2.05) is 0 Å². The minimum absolute atomic E-state index is 0.0701. The average molecular weight is 328 g/mol. The number of methoxy groups -OCH3 is 1. The fourth-order valence-corrected chi connectivity index (χ4v) is 2.70. The molecule has 0 unspecified atom stereocenters. The van der Waals surface area contributed by atoms with Gasteiger partial charge in [-0.15, -0.1) is 0 Å². The van der Waals surface area contributed by atoms with Gasteiger partial charge in [-0.05, 0) is 34.8 Å². The van der Waals surface area contributed by atoms with E-state index in [4.69, 9.17) is 9.47 Å². The Hall–Kier alpha value is -1.56. The summed E-state index contributed by atoms with van der Waals surface area (Å²) in [7, 11) is 1.57. The van der Waals surface area contributed by atoms with Gasteiger partial charge in [-0.1, -0.05) is 0 Å². The van der Waals surface area contributed by atoms with Crippen molar-refractivity contribution < 1.29 is 14.4 Å². The van der Waals surface area contributed by atoms with Crippen LogP contribution in [0.4, 0.5) is 0 Å². The maximum atomic E-state index is 10.7. The summed E-state index contributed by atoms with van der Waals surface area (Å²) in [5.74, 6) is 1.37. The van der Waals surface area contributed by atoms with Gasteiger partial charge in [-0.25, -0.2) is 0 Å². The van der Waals surface area contributed by atoms with Crippen molar-refractivity contribution in [2.24, 2.45) is 0 Å². The molecule has 2 rings (SSSR count). The maximum absolute atomic E-state index is 10.7. The van der Waals surface area contributed by atoms with Crippen molar-refractivity contribution in [3.05, 3.63) is 37.5 Å². The van der Waals surface area contributed by atoms with Crippen molar-refractivity contribution in [1.82, 2.24) is 0 Å². The van der Waals surface area contributed by atoms with Crippen LogP contribution >= 0.6 is 15.9 Å². The van der Waals surface area contributed by atoms with E-state index in [0.29, 0.717) is 23.7 Å². The minimum atomic E-state index is -0.413. The first-order valence-electron chi connectivity index (χ1n) is 5.89. The van der Waals surface area contributed by atoms with E-state index in [1.54, 1.807) is 13.2 Å². The highest BCUT2D eigenvalue weighted by Gasteiger charge is 2.21. The summed E-state index contributed by atoms with van der Waals surface area (Å²) in [6.45, 7) is 2.09. The molecule has 1 aromatic rings. The van der Waals surface area contributed by atoms with E-state index in [1.165, 1.54) is 13.0 Å². The van der Waals surface area contributed by atoms with Crippen LogP contribution in [0.3, 0.4) is 0 Å². The van der Waals surface area contributed by atoms with Crippen molar-refractivity contribution in [3.63, 3.8) is 0 Å². The van der Waals surface area contributed by atoms with Crippen LogP contribution in [0, 0.1) is 10.1 Å². The lowest BCUT2D eigenvalue weighted by atomic mass is 10.0.